The van der Waals surface area contributed by atoms with E-state index < -0.39 is 40.3 Å². The number of ether oxygens (including phenoxy) is 2. The SMILES string of the molecule is CC.CCC(CC)(c1ccc(O)c(C)c1)c1cc(C)cs1.CCC(CC)(c1ccc(OCC(O)C(C)(C)C)c(C)c1)c1cc(C)c(C(=O)O)s1.CCC(CC)(c1ccc(O[Si](C)(C)C(C)(C)C)c(C)c1)c1cc(C)c(C(=O)OC)s1.CCC(CC)(c1ccc(O[Si](C)(C)C(C)(C)C)c(C)c1)c1cc(C)cs1.CCC(O)(CC)c1ccc(C)c(C)c1.Cc1ccsc1.O=C(O)c1ccc(O)cc1. The Kier molecular flexibility index (Phi) is 46.0. The van der Waals surface area contributed by atoms with Gasteiger partial charge in [0.1, 0.15) is 45.1 Å². The van der Waals surface area contributed by atoms with Crippen molar-refractivity contribution in [3.63, 3.8) is 0 Å². The molecule has 1 unspecified atom stereocenters. The van der Waals surface area contributed by atoms with Crippen LogP contribution in [0.2, 0.25) is 36.3 Å². The van der Waals surface area contributed by atoms with E-state index in [4.69, 9.17) is 28.5 Å². The van der Waals surface area contributed by atoms with Gasteiger partial charge < -0.3 is 49.0 Å². The van der Waals surface area contributed by atoms with Crippen LogP contribution in [0.3, 0.4) is 0 Å². The number of aromatic hydroxyl groups is 2. The van der Waals surface area contributed by atoms with Gasteiger partial charge in [0.2, 0.25) is 16.6 Å². The zero-order valence-corrected chi connectivity index (χ0v) is 95.7. The van der Waals surface area contributed by atoms with E-state index in [9.17, 15) is 34.8 Å². The number of carbonyl (C=O) groups is 3. The molecule has 11 rings (SSSR count). The number of carboxylic acid groups (broad SMARTS) is 2. The number of carbonyl (C=O) groups excluding carboxylic acids is 1. The van der Waals surface area contributed by atoms with Crippen molar-refractivity contribution in [1.82, 2.24) is 0 Å². The summed E-state index contributed by atoms with van der Waals surface area (Å²) >= 11 is 8.44. The molecular formula is C116H168O13S5Si2. The Morgan fingerprint density at radius 2 is 0.743 bits per heavy atom. The number of aliphatic hydroxyl groups is 2. The van der Waals surface area contributed by atoms with Gasteiger partial charge in [0, 0.05) is 41.2 Å². The van der Waals surface area contributed by atoms with Crippen LogP contribution < -0.4 is 13.6 Å². The first-order valence-corrected chi connectivity index (χ1v) is 58.8. The van der Waals surface area contributed by atoms with E-state index in [1.54, 1.807) is 22.7 Å². The third kappa shape index (κ3) is 30.6. The summed E-state index contributed by atoms with van der Waals surface area (Å²) < 4.78 is 24.0. The fourth-order valence-corrected chi connectivity index (χ4v) is 24.2. The number of carboxylic acids is 2. The van der Waals surface area contributed by atoms with Gasteiger partial charge in [-0.15, -0.1) is 45.3 Å². The minimum Gasteiger partial charge on any atom is -0.543 e. The highest BCUT2D eigenvalue weighted by molar-refractivity contribution is 7.14. The van der Waals surface area contributed by atoms with Gasteiger partial charge in [-0.3, -0.25) is 0 Å². The molecule has 5 aromatic heterocycles. The summed E-state index contributed by atoms with van der Waals surface area (Å²) in [6.45, 7) is 77.8. The van der Waals surface area contributed by atoms with Gasteiger partial charge in [0.05, 0.1) is 24.4 Å². The number of aliphatic hydroxyl groups excluding tert-OH is 1. The van der Waals surface area contributed by atoms with Crippen LogP contribution in [0.5, 0.6) is 28.7 Å². The van der Waals surface area contributed by atoms with Gasteiger partial charge in [-0.25, -0.2) is 14.4 Å². The lowest BCUT2D eigenvalue weighted by Crippen LogP contribution is -2.44. The van der Waals surface area contributed by atoms with Crippen molar-refractivity contribution in [2.45, 2.75) is 355 Å². The maximum absolute atomic E-state index is 12.2. The molecule has 136 heavy (non-hydrogen) atoms. The number of hydrogen-bond acceptors (Lipinski definition) is 16. The number of thiophene rings is 5. The minimum absolute atomic E-state index is 0.0741. The van der Waals surface area contributed by atoms with Gasteiger partial charge in [-0.05, 0) is 371 Å². The molecule has 13 nitrogen and oxygen atoms in total. The first kappa shape index (κ1) is 120. The lowest BCUT2D eigenvalue weighted by atomic mass is 9.74. The second-order valence-electron chi connectivity index (χ2n) is 40.2. The van der Waals surface area contributed by atoms with Gasteiger partial charge in [0.25, 0.3) is 0 Å². The summed E-state index contributed by atoms with van der Waals surface area (Å²) in [7, 11) is -2.26. The van der Waals surface area contributed by atoms with Gasteiger partial charge in [0.15, 0.2) is 0 Å². The lowest BCUT2D eigenvalue weighted by Gasteiger charge is -2.37. The predicted octanol–water partition coefficient (Wildman–Crippen LogP) is 34.1. The minimum atomic E-state index is -1.89. The molecule has 0 aliphatic heterocycles. The fourth-order valence-electron chi connectivity index (χ4n) is 16.0. The second kappa shape index (κ2) is 52.2. The summed E-state index contributed by atoms with van der Waals surface area (Å²) in [5, 5.41) is 66.0. The van der Waals surface area contributed by atoms with Crippen molar-refractivity contribution < 1.29 is 63.3 Å². The van der Waals surface area contributed by atoms with Crippen LogP contribution in [-0.4, -0.2) is 85.0 Å². The molecule has 0 fully saturated rings. The van der Waals surface area contributed by atoms with E-state index in [0.717, 1.165) is 114 Å². The Balaban J connectivity index is 0.000000344. The second-order valence-corrected chi connectivity index (χ2v) is 54.4. The summed E-state index contributed by atoms with van der Waals surface area (Å²) in [5.74, 6) is 1.17. The molecule has 6 N–H and O–H groups in total. The number of rotatable bonds is 29. The molecule has 1 atom stereocenters. The maximum atomic E-state index is 12.2. The number of hydrogen-bond donors (Lipinski definition) is 6. The number of phenolic OH excluding ortho intramolecular Hbond substituents is 2. The molecule has 0 aliphatic carbocycles. The highest BCUT2D eigenvalue weighted by Crippen LogP contribution is 2.50. The first-order chi connectivity index (χ1) is 63.4. The molecule has 0 amide bonds. The largest absolute Gasteiger partial charge is 0.543 e. The number of aryl methyl sites for hydroxylation is 11. The summed E-state index contributed by atoms with van der Waals surface area (Å²) in [4.78, 5) is 40.3. The van der Waals surface area contributed by atoms with Gasteiger partial charge >= 0.3 is 17.9 Å². The summed E-state index contributed by atoms with van der Waals surface area (Å²) in [5.41, 5.74) is 18.2. The highest BCUT2D eigenvalue weighted by Gasteiger charge is 2.43. The van der Waals surface area contributed by atoms with Crippen LogP contribution >= 0.6 is 56.7 Å². The molecule has 6 aromatic carbocycles. The number of esters is 1. The van der Waals surface area contributed by atoms with Gasteiger partial charge in [-0.1, -0.05) is 212 Å². The van der Waals surface area contributed by atoms with Crippen molar-refractivity contribution >= 4 is 91.2 Å². The number of aromatic carboxylic acids is 2. The van der Waals surface area contributed by atoms with E-state index in [2.05, 4.69) is 290 Å². The third-order valence-corrected chi connectivity index (χ3v) is 43.1. The maximum Gasteiger partial charge on any atom is 0.348 e. The molecule has 5 heterocycles. The molecule has 0 radical (unpaired) electrons. The number of benzene rings is 6. The van der Waals surface area contributed by atoms with E-state index in [-0.39, 0.29) is 61.0 Å². The van der Waals surface area contributed by atoms with Crippen molar-refractivity contribution in [1.29, 1.82) is 0 Å². The third-order valence-electron chi connectivity index (χ3n) is 28.2. The van der Waals surface area contributed by atoms with E-state index in [0.29, 0.717) is 15.5 Å². The Morgan fingerprint density at radius 3 is 1.04 bits per heavy atom. The molecule has 0 spiro atoms. The monoisotopic (exact) mass is 1990 g/mol. The smallest absolute Gasteiger partial charge is 0.348 e. The number of phenols is 2. The molecule has 20 heteroatoms. The van der Waals surface area contributed by atoms with Gasteiger partial charge in [-0.2, -0.15) is 11.3 Å². The van der Waals surface area contributed by atoms with E-state index >= 15 is 0 Å². The molecule has 0 saturated carbocycles. The Bertz CT molecular complexity index is 5540. The predicted molar refractivity (Wildman–Crippen MR) is 589 cm³/mol. The zero-order chi connectivity index (χ0) is 103. The summed E-state index contributed by atoms with van der Waals surface area (Å²) in [6.07, 6.45) is 9.07. The average Bonchev–Trinajstić information content (AvgIpc) is 1.60. The van der Waals surface area contributed by atoms with Crippen LogP contribution in [0, 0.1) is 81.6 Å². The average molecular weight is 1990 g/mol. The molecular weight excluding hydrogens is 1820 g/mol. The highest BCUT2D eigenvalue weighted by atomic mass is 32.1. The van der Waals surface area contributed by atoms with Crippen LogP contribution in [0.4, 0.5) is 0 Å². The van der Waals surface area contributed by atoms with E-state index in [1.165, 1.54) is 119 Å². The van der Waals surface area contributed by atoms with Crippen LogP contribution in [-0.2, 0) is 32.0 Å². The Labute approximate surface area is 842 Å². The Morgan fingerprint density at radius 1 is 0.382 bits per heavy atom. The van der Waals surface area contributed by atoms with E-state index in [1.807, 2.05) is 123 Å². The normalized spacial score (nSPS) is 12.1. The molecule has 0 saturated heterocycles. The van der Waals surface area contributed by atoms with Crippen molar-refractivity contribution in [3.8, 4) is 28.7 Å². The lowest BCUT2D eigenvalue weighted by molar-refractivity contribution is 0.0216. The van der Waals surface area contributed by atoms with Crippen LogP contribution in [0.1, 0.15) is 348 Å². The quantitative estimate of drug-likeness (QED) is 0.0191. The molecule has 0 aliphatic rings. The van der Waals surface area contributed by atoms with Crippen LogP contribution in [0.25, 0.3) is 0 Å². The fraction of sp³-hybridized carbons (Fsp3) is 0.491. The van der Waals surface area contributed by atoms with Crippen molar-refractivity contribution in [2.24, 2.45) is 5.41 Å². The first-order valence-electron chi connectivity index (χ1n) is 48.7. The Hall–Kier alpha value is -8.42. The van der Waals surface area contributed by atoms with Crippen molar-refractivity contribution in [3.05, 3.63) is 291 Å². The van der Waals surface area contributed by atoms with Crippen LogP contribution in [0.15, 0.2) is 167 Å². The topological polar surface area (TPSA) is 210 Å². The van der Waals surface area contributed by atoms with Crippen molar-refractivity contribution in [2.75, 3.05) is 13.7 Å². The zero-order valence-electron chi connectivity index (χ0n) is 89.6. The molecule has 11 aromatic rings. The molecule has 0 bridgehead atoms. The number of methoxy groups -OCH3 is 1. The standard InChI is InChI=1S/C25H38O3SSi.C24H34O4S.C23H36OSSi.C17H22OS.C13H20O.C7H6O3.C5H6S.C2H6/c1-11-25(12-2,21-16-18(4)22(29-21)23(26)27-8)19-13-14-20(17(3)15-19)28-30(9,10)24(5,6)7;1-8-24(9-2,20-13-16(4)21(29-20)22(26)27)17-10-11-18(15(3)12-17)28-14-19(25)23(5,6)7;1-10-23(11-2,21-14-17(3)16-25-21)19-12-13-20(18(4)15-19)24-26(8,9)22(5,6)7;1-5-17(6-2,16-9-12(3)11-19-16)14-7-8-15(18)13(4)10-14;1-5-13(14,6-2)12-8-7-10(3)11(4)9-12;8-6-3-1-5(2-4-6)7(9)10;1-5-2-3-6-4-5;1-2/h13-16H,11-12H2,1-10H3;10-13,19,25H,8-9,14H2,1-7H3,(H,26,27);12-16H,10-11H2,1-9H3;7-11,18H,5-6H2,1-4H3;7-9,14H,5-6H2,1-4H3;1-4,8H,(H,9,10);2-4H,1H3;1-2H3. The summed E-state index contributed by atoms with van der Waals surface area (Å²) in [6, 6.07) is 48.3. The molecule has 748 valence electrons.